The number of benzene rings is 1. The molecule has 12 heteroatoms. The van der Waals surface area contributed by atoms with Gasteiger partial charge in [0, 0.05) is 12.8 Å². The predicted molar refractivity (Wildman–Crippen MR) is 130 cm³/mol. The summed E-state index contributed by atoms with van der Waals surface area (Å²) in [6.45, 7) is 3.80. The molecule has 1 aliphatic carbocycles. The average Bonchev–Trinajstić information content (AvgIpc) is 3.57. The quantitative estimate of drug-likeness (QED) is 0.430. The third kappa shape index (κ3) is 4.77. The first-order chi connectivity index (χ1) is 16.5. The van der Waals surface area contributed by atoms with Crippen molar-refractivity contribution < 1.29 is 17.4 Å². The minimum absolute atomic E-state index is 0.0571. The molecule has 1 saturated carbocycles. The topological polar surface area (TPSA) is 81.8 Å². The summed E-state index contributed by atoms with van der Waals surface area (Å²) < 4.78 is 59.4. The van der Waals surface area contributed by atoms with Crippen LogP contribution in [0.1, 0.15) is 68.8 Å². The Hall–Kier alpha value is -2.24. The maximum atomic E-state index is 13.4. The molecule has 2 heterocycles. The van der Waals surface area contributed by atoms with Crippen molar-refractivity contribution in [2.75, 3.05) is 5.75 Å². The zero-order valence-electron chi connectivity index (χ0n) is 19.7. The van der Waals surface area contributed by atoms with Gasteiger partial charge in [-0.1, -0.05) is 37.9 Å². The highest BCUT2D eigenvalue weighted by Crippen LogP contribution is 2.41. The van der Waals surface area contributed by atoms with Gasteiger partial charge in [0.1, 0.15) is 0 Å². The first kappa shape index (κ1) is 25.8. The van der Waals surface area contributed by atoms with Crippen LogP contribution in [0.2, 0.25) is 5.02 Å². The molecule has 0 spiro atoms. The smallest absolute Gasteiger partial charge is 0.269 e. The van der Waals surface area contributed by atoms with Crippen LogP contribution in [0.3, 0.4) is 0 Å². The molecule has 0 aliphatic heterocycles. The minimum atomic E-state index is -4.61. The molecule has 2 unspecified atom stereocenters. The standard InChI is InChI=1S/C23H27ClF3N5O2S/c1-4-6-11-35(34)30-22(5-2,14-7-10-17(18(24)12-14)23(25,26)27)20-16-13-28-32(15-8-9-15)21(33)19(16)29-31(20)3/h7,10,12-13,15,30H,4-6,8-9,11H2,1-3H3. The van der Waals surface area contributed by atoms with Gasteiger partial charge in [0.25, 0.3) is 5.56 Å². The SMILES string of the molecule is CCCCS(=O)NC(CC)(c1ccc(C(F)(F)F)c(Cl)c1)c1c2cnn(C3CC3)c(=O)c2nn1C. The fraction of sp³-hybridized carbons (Fsp3) is 0.522. The number of hydrogen-bond acceptors (Lipinski definition) is 4. The number of alkyl halides is 3. The van der Waals surface area contributed by atoms with Crippen LogP contribution in [-0.2, 0) is 29.7 Å². The van der Waals surface area contributed by atoms with Gasteiger partial charge >= 0.3 is 6.18 Å². The molecule has 4 rings (SSSR count). The summed E-state index contributed by atoms with van der Waals surface area (Å²) in [5.41, 5.74) is -1.43. The first-order valence-corrected chi connectivity index (χ1v) is 13.2. The molecule has 35 heavy (non-hydrogen) atoms. The number of hydrogen-bond donors (Lipinski definition) is 1. The molecule has 0 bridgehead atoms. The summed E-state index contributed by atoms with van der Waals surface area (Å²) in [6.07, 6.45) is 0.527. The summed E-state index contributed by atoms with van der Waals surface area (Å²) in [5, 5.41) is 8.80. The lowest BCUT2D eigenvalue weighted by Gasteiger charge is -2.35. The Kier molecular flexibility index (Phi) is 7.14. The summed E-state index contributed by atoms with van der Waals surface area (Å²) in [5.74, 6) is 0.356. The Balaban J connectivity index is 1.95. The van der Waals surface area contributed by atoms with E-state index in [1.54, 1.807) is 13.2 Å². The van der Waals surface area contributed by atoms with Gasteiger partial charge in [-0.05, 0) is 43.4 Å². The van der Waals surface area contributed by atoms with Crippen molar-refractivity contribution in [2.24, 2.45) is 7.05 Å². The normalized spacial score (nSPS) is 17.0. The monoisotopic (exact) mass is 529 g/mol. The van der Waals surface area contributed by atoms with Crippen LogP contribution in [0.15, 0.2) is 29.2 Å². The van der Waals surface area contributed by atoms with E-state index in [1.807, 2.05) is 13.8 Å². The molecule has 0 amide bonds. The molecule has 3 aromatic rings. The zero-order valence-corrected chi connectivity index (χ0v) is 21.2. The number of halogens is 4. The van der Waals surface area contributed by atoms with Gasteiger partial charge in [-0.15, -0.1) is 0 Å². The van der Waals surface area contributed by atoms with Crippen molar-refractivity contribution in [1.82, 2.24) is 24.3 Å². The van der Waals surface area contributed by atoms with Gasteiger partial charge in [-0.2, -0.15) is 23.4 Å². The third-order valence-corrected chi connectivity index (χ3v) is 7.92. The minimum Gasteiger partial charge on any atom is -0.269 e. The van der Waals surface area contributed by atoms with E-state index in [1.165, 1.54) is 21.5 Å². The predicted octanol–water partition coefficient (Wildman–Crippen LogP) is 4.84. The lowest BCUT2D eigenvalue weighted by molar-refractivity contribution is -0.137. The second-order valence-corrected chi connectivity index (χ2v) is 10.5. The maximum Gasteiger partial charge on any atom is 0.417 e. The molecule has 1 N–H and O–H groups in total. The summed E-state index contributed by atoms with van der Waals surface area (Å²) in [6, 6.07) is 3.56. The van der Waals surface area contributed by atoms with Crippen molar-refractivity contribution in [3.05, 3.63) is 56.6 Å². The van der Waals surface area contributed by atoms with Crippen molar-refractivity contribution in [3.63, 3.8) is 0 Å². The van der Waals surface area contributed by atoms with Gasteiger partial charge in [-0.25, -0.2) is 13.6 Å². The summed E-state index contributed by atoms with van der Waals surface area (Å²) in [7, 11) is 0.134. The number of fused-ring (bicyclic) bond motifs is 1. The number of nitrogens with zero attached hydrogens (tertiary/aromatic N) is 4. The highest BCUT2D eigenvalue weighted by atomic mass is 35.5. The molecular weight excluding hydrogens is 503 g/mol. The van der Waals surface area contributed by atoms with Crippen LogP contribution >= 0.6 is 11.6 Å². The maximum absolute atomic E-state index is 13.4. The Morgan fingerprint density at radius 3 is 2.54 bits per heavy atom. The van der Waals surface area contributed by atoms with Crippen LogP contribution in [0.25, 0.3) is 10.9 Å². The summed E-state index contributed by atoms with van der Waals surface area (Å²) in [4.78, 5) is 13.1. The van der Waals surface area contributed by atoms with Crippen LogP contribution in [0, 0.1) is 0 Å². The van der Waals surface area contributed by atoms with Crippen LogP contribution in [0.5, 0.6) is 0 Å². The number of unbranched alkanes of at least 4 members (excludes halogenated alkanes) is 1. The molecule has 0 radical (unpaired) electrons. The van der Waals surface area contributed by atoms with Crippen LogP contribution < -0.4 is 10.3 Å². The van der Waals surface area contributed by atoms with E-state index < -0.39 is 33.3 Å². The Bertz CT molecular complexity index is 1340. The molecule has 1 aliphatic rings. The highest BCUT2D eigenvalue weighted by molar-refractivity contribution is 7.83. The third-order valence-electron chi connectivity index (χ3n) is 6.37. The van der Waals surface area contributed by atoms with E-state index in [0.717, 1.165) is 25.3 Å². The van der Waals surface area contributed by atoms with Gasteiger partial charge in [0.2, 0.25) is 0 Å². The molecule has 1 aromatic carbocycles. The largest absolute Gasteiger partial charge is 0.417 e. The fourth-order valence-corrected chi connectivity index (χ4v) is 6.09. The van der Waals surface area contributed by atoms with Crippen LogP contribution in [0.4, 0.5) is 13.2 Å². The van der Waals surface area contributed by atoms with Crippen molar-refractivity contribution in [1.29, 1.82) is 0 Å². The first-order valence-electron chi connectivity index (χ1n) is 11.5. The second-order valence-electron chi connectivity index (χ2n) is 8.82. The van der Waals surface area contributed by atoms with Gasteiger partial charge in [-0.3, -0.25) is 9.48 Å². The Morgan fingerprint density at radius 1 is 1.26 bits per heavy atom. The molecule has 7 nitrogen and oxygen atoms in total. The molecule has 2 aromatic heterocycles. The van der Waals surface area contributed by atoms with Gasteiger partial charge < -0.3 is 0 Å². The highest BCUT2D eigenvalue weighted by Gasteiger charge is 2.41. The fourth-order valence-electron chi connectivity index (χ4n) is 4.41. The summed E-state index contributed by atoms with van der Waals surface area (Å²) >= 11 is 6.09. The van der Waals surface area contributed by atoms with E-state index in [9.17, 15) is 22.2 Å². The number of nitrogens with one attached hydrogen (secondary N) is 1. The van der Waals surface area contributed by atoms with Crippen molar-refractivity contribution in [3.8, 4) is 0 Å². The van der Waals surface area contributed by atoms with E-state index in [0.29, 0.717) is 35.2 Å². The van der Waals surface area contributed by atoms with Gasteiger partial charge in [0.05, 0.1) is 50.4 Å². The zero-order chi connectivity index (χ0) is 25.5. The second kappa shape index (κ2) is 9.67. The lowest BCUT2D eigenvalue weighted by Crippen LogP contribution is -2.46. The molecule has 0 saturated heterocycles. The number of rotatable bonds is 9. The molecular formula is C23H27ClF3N5O2S. The van der Waals surface area contributed by atoms with Crippen molar-refractivity contribution in [2.45, 2.75) is 63.7 Å². The average molecular weight is 530 g/mol. The molecule has 2 atom stereocenters. The molecule has 1 fully saturated rings. The van der Waals surface area contributed by atoms with E-state index in [2.05, 4.69) is 14.9 Å². The lowest BCUT2D eigenvalue weighted by atomic mass is 9.83. The van der Waals surface area contributed by atoms with E-state index >= 15 is 0 Å². The van der Waals surface area contributed by atoms with Crippen LogP contribution in [-0.4, -0.2) is 29.5 Å². The number of aromatic nitrogens is 4. The van der Waals surface area contributed by atoms with Crippen molar-refractivity contribution >= 4 is 33.5 Å². The van der Waals surface area contributed by atoms with Gasteiger partial charge in [0.15, 0.2) is 5.52 Å². The Labute approximate surface area is 208 Å². The Morgan fingerprint density at radius 2 is 1.97 bits per heavy atom. The molecule has 190 valence electrons. The number of aryl methyl sites for hydroxylation is 1. The van der Waals surface area contributed by atoms with E-state index in [4.69, 9.17) is 11.6 Å². The van der Waals surface area contributed by atoms with E-state index in [-0.39, 0.29) is 17.1 Å².